The molecule has 0 spiro atoms. The number of phenolic OH excluding ortho intramolecular Hbond substituents is 1. The van der Waals surface area contributed by atoms with Crippen LogP contribution >= 0.6 is 0 Å². The highest BCUT2D eigenvalue weighted by atomic mass is 32.2. The molecule has 15 heteroatoms. The van der Waals surface area contributed by atoms with E-state index in [2.05, 4.69) is 15.0 Å². The number of hydrogen-bond donors (Lipinski definition) is 3. The molecule has 0 saturated carbocycles. The number of nitrogens with zero attached hydrogens (tertiary/aromatic N) is 2. The summed E-state index contributed by atoms with van der Waals surface area (Å²) in [6.45, 7) is 7.32. The number of aromatic hydroxyl groups is 1. The molecule has 1 amide bonds. The number of halogens is 3. The fourth-order valence-electron chi connectivity index (χ4n) is 4.28. The van der Waals surface area contributed by atoms with Gasteiger partial charge in [-0.25, -0.2) is 8.42 Å². The van der Waals surface area contributed by atoms with Gasteiger partial charge in [0.2, 0.25) is 6.29 Å². The minimum Gasteiger partial charge on any atom is -0.505 e. The number of ether oxygens (including phenoxy) is 2. The van der Waals surface area contributed by atoms with E-state index in [1.807, 2.05) is 26.8 Å². The molecular formula is C26H31F3N4O7S. The maximum Gasteiger partial charge on any atom is 0.417 e. The summed E-state index contributed by atoms with van der Waals surface area (Å²) in [7, 11) is -1.83. The molecule has 0 unspecified atom stereocenters. The minimum atomic E-state index is -4.96. The SMILES string of the molecule is CC[C@@H](N=C1NS(=O)(=O)C(C2OC(C)O2)=C1Nc1ccc(C(F)(F)F)c(C(=O)N(C)C)c1O)c1cc(C(C)C)co1. The molecule has 3 heterocycles. The molecule has 1 saturated heterocycles. The van der Waals surface area contributed by atoms with Crippen molar-refractivity contribution in [1.29, 1.82) is 0 Å². The van der Waals surface area contributed by atoms with Crippen LogP contribution in [-0.4, -0.2) is 56.8 Å². The Morgan fingerprint density at radius 2 is 1.90 bits per heavy atom. The van der Waals surface area contributed by atoms with E-state index >= 15 is 0 Å². The number of carbonyl (C=O) groups excluding carboxylic acids is 1. The Bertz CT molecular complexity index is 1510. The van der Waals surface area contributed by atoms with Crippen LogP contribution in [0.3, 0.4) is 0 Å². The fraction of sp³-hybridized carbons (Fsp3) is 0.462. The third kappa shape index (κ3) is 5.92. The maximum atomic E-state index is 13.7. The van der Waals surface area contributed by atoms with Crippen molar-refractivity contribution in [3.05, 3.63) is 57.5 Å². The third-order valence-electron chi connectivity index (χ3n) is 6.52. The van der Waals surface area contributed by atoms with Crippen LogP contribution in [-0.2, 0) is 25.7 Å². The van der Waals surface area contributed by atoms with Crippen LogP contribution in [0.4, 0.5) is 18.9 Å². The molecule has 2 aliphatic heterocycles. The summed E-state index contributed by atoms with van der Waals surface area (Å²) in [6.07, 6.45) is -5.03. The zero-order valence-electron chi connectivity index (χ0n) is 23.2. The van der Waals surface area contributed by atoms with Gasteiger partial charge in [0.1, 0.15) is 22.4 Å². The van der Waals surface area contributed by atoms with Crippen molar-refractivity contribution in [1.82, 2.24) is 9.62 Å². The third-order valence-corrected chi connectivity index (χ3v) is 7.96. The summed E-state index contributed by atoms with van der Waals surface area (Å²) in [5, 5.41) is 13.6. The Labute approximate surface area is 235 Å². The van der Waals surface area contributed by atoms with E-state index in [9.17, 15) is 31.5 Å². The molecule has 41 heavy (non-hydrogen) atoms. The smallest absolute Gasteiger partial charge is 0.417 e. The highest BCUT2D eigenvalue weighted by Crippen LogP contribution is 2.42. The molecule has 11 nitrogen and oxygen atoms in total. The Kier molecular flexibility index (Phi) is 8.17. The second kappa shape index (κ2) is 11.0. The predicted octanol–water partition coefficient (Wildman–Crippen LogP) is 4.65. The number of nitrogens with one attached hydrogen (secondary N) is 2. The van der Waals surface area contributed by atoms with Crippen LogP contribution in [0.15, 0.2) is 44.5 Å². The number of sulfonamides is 1. The number of alkyl halides is 3. The van der Waals surface area contributed by atoms with Crippen molar-refractivity contribution in [2.45, 2.75) is 64.8 Å². The van der Waals surface area contributed by atoms with Crippen LogP contribution in [0.25, 0.3) is 0 Å². The summed E-state index contributed by atoms with van der Waals surface area (Å²) in [4.78, 5) is 17.7. The number of benzene rings is 1. The maximum absolute atomic E-state index is 13.7. The molecule has 224 valence electrons. The summed E-state index contributed by atoms with van der Waals surface area (Å²) >= 11 is 0. The highest BCUT2D eigenvalue weighted by Gasteiger charge is 2.46. The lowest BCUT2D eigenvalue weighted by Gasteiger charge is -2.34. The van der Waals surface area contributed by atoms with E-state index in [1.54, 1.807) is 13.2 Å². The van der Waals surface area contributed by atoms with Gasteiger partial charge in [-0.05, 0) is 43.0 Å². The van der Waals surface area contributed by atoms with Gasteiger partial charge in [0.25, 0.3) is 15.9 Å². The van der Waals surface area contributed by atoms with Gasteiger partial charge in [0, 0.05) is 14.1 Å². The number of furan rings is 1. The number of amidine groups is 1. The van der Waals surface area contributed by atoms with E-state index in [0.717, 1.165) is 16.5 Å². The Hall–Kier alpha value is -3.56. The Morgan fingerprint density at radius 3 is 2.41 bits per heavy atom. The van der Waals surface area contributed by atoms with Gasteiger partial charge >= 0.3 is 6.18 Å². The zero-order valence-corrected chi connectivity index (χ0v) is 24.0. The molecule has 2 aliphatic rings. The molecule has 0 aliphatic carbocycles. The first-order valence-corrected chi connectivity index (χ1v) is 14.2. The van der Waals surface area contributed by atoms with E-state index in [-0.39, 0.29) is 23.1 Å². The van der Waals surface area contributed by atoms with Gasteiger partial charge < -0.3 is 29.2 Å². The normalized spacial score (nSPS) is 22.0. The number of phenols is 1. The molecule has 4 rings (SSSR count). The largest absolute Gasteiger partial charge is 0.505 e. The number of amides is 1. The summed E-state index contributed by atoms with van der Waals surface area (Å²) < 4.78 is 86.5. The second-order valence-electron chi connectivity index (χ2n) is 10.1. The second-order valence-corrected chi connectivity index (χ2v) is 11.7. The molecule has 1 atom stereocenters. The van der Waals surface area contributed by atoms with Gasteiger partial charge in [-0.1, -0.05) is 20.8 Å². The van der Waals surface area contributed by atoms with E-state index in [0.29, 0.717) is 18.2 Å². The van der Waals surface area contributed by atoms with Gasteiger partial charge in [-0.2, -0.15) is 13.2 Å². The van der Waals surface area contributed by atoms with Gasteiger partial charge in [0.15, 0.2) is 17.9 Å². The molecule has 3 N–H and O–H groups in total. The summed E-state index contributed by atoms with van der Waals surface area (Å²) in [6, 6.07) is 2.67. The number of aliphatic imine (C=N–C) groups is 1. The first-order chi connectivity index (χ1) is 19.0. The summed E-state index contributed by atoms with van der Waals surface area (Å²) in [5.41, 5.74) is -2.05. The van der Waals surface area contributed by atoms with Gasteiger partial charge in [-0.3, -0.25) is 14.5 Å². The van der Waals surface area contributed by atoms with Crippen molar-refractivity contribution in [2.75, 3.05) is 19.4 Å². The monoisotopic (exact) mass is 600 g/mol. The molecule has 1 aromatic heterocycles. The Morgan fingerprint density at radius 1 is 1.24 bits per heavy atom. The molecule has 2 aromatic rings. The van der Waals surface area contributed by atoms with Crippen LogP contribution < -0.4 is 10.0 Å². The van der Waals surface area contributed by atoms with E-state index < -0.39 is 62.5 Å². The lowest BCUT2D eigenvalue weighted by molar-refractivity contribution is -0.356. The van der Waals surface area contributed by atoms with Gasteiger partial charge in [0.05, 0.1) is 23.1 Å². The molecule has 1 aromatic carbocycles. The van der Waals surface area contributed by atoms with Crippen molar-refractivity contribution in [3.8, 4) is 5.75 Å². The zero-order chi connectivity index (χ0) is 30.4. The molecular weight excluding hydrogens is 569 g/mol. The number of carbonyl (C=O) groups is 1. The molecule has 0 radical (unpaired) electrons. The van der Waals surface area contributed by atoms with Crippen LogP contribution in [0.1, 0.15) is 73.3 Å². The lowest BCUT2D eigenvalue weighted by atomic mass is 10.0. The van der Waals surface area contributed by atoms with Crippen molar-refractivity contribution in [3.63, 3.8) is 0 Å². The highest BCUT2D eigenvalue weighted by molar-refractivity contribution is 7.94. The average molecular weight is 601 g/mol. The molecule has 1 fully saturated rings. The van der Waals surface area contributed by atoms with Crippen molar-refractivity contribution in [2.24, 2.45) is 4.99 Å². The van der Waals surface area contributed by atoms with Crippen LogP contribution in [0, 0.1) is 0 Å². The predicted molar refractivity (Wildman–Crippen MR) is 143 cm³/mol. The Balaban J connectivity index is 1.86. The lowest BCUT2D eigenvalue weighted by Crippen LogP contribution is -2.42. The average Bonchev–Trinajstić information content (AvgIpc) is 3.43. The first-order valence-electron chi connectivity index (χ1n) is 12.7. The minimum absolute atomic E-state index is 0.169. The first kappa shape index (κ1) is 30.4. The molecule has 0 bridgehead atoms. The number of rotatable bonds is 8. The van der Waals surface area contributed by atoms with Crippen molar-refractivity contribution < 1.29 is 45.4 Å². The van der Waals surface area contributed by atoms with Gasteiger partial charge in [-0.15, -0.1) is 0 Å². The van der Waals surface area contributed by atoms with E-state index in [4.69, 9.17) is 13.9 Å². The standard InChI is InChI=1S/C26H31F3N4O7S/c1-7-16(18-10-14(11-38-18)12(2)3)31-23-20(22(41(36,37)32-23)25-39-13(4)40-25)30-17-9-8-15(26(27,28)29)19(21(17)34)24(35)33(5)6/h8-13,16,25,30,34H,7H2,1-6H3,(H,31,32)/t13?,16-,25?/m1/s1. The fourth-order valence-corrected chi connectivity index (χ4v) is 5.58. The summed E-state index contributed by atoms with van der Waals surface area (Å²) in [5.74, 6) is -1.71. The van der Waals surface area contributed by atoms with Crippen molar-refractivity contribution >= 4 is 27.5 Å². The number of anilines is 1. The quantitative estimate of drug-likeness (QED) is 0.372. The van der Waals surface area contributed by atoms with Crippen LogP contribution in [0.5, 0.6) is 5.75 Å². The number of hydrogen-bond acceptors (Lipinski definition) is 9. The van der Waals surface area contributed by atoms with E-state index in [1.165, 1.54) is 14.1 Å². The van der Waals surface area contributed by atoms with Crippen LogP contribution in [0.2, 0.25) is 0 Å². The topological polar surface area (TPSA) is 143 Å².